The molecular formula is C27H37F2N9O2S3. The number of hydrogen-bond donors (Lipinski definition) is 1. The lowest BCUT2D eigenvalue weighted by molar-refractivity contribution is 0.0195. The Morgan fingerprint density at radius 1 is 0.767 bits per heavy atom. The monoisotopic (exact) mass is 653 g/mol. The number of nitrogens with zero attached hydrogens (tertiary/aromatic N) is 8. The van der Waals surface area contributed by atoms with Crippen LogP contribution in [0.3, 0.4) is 0 Å². The van der Waals surface area contributed by atoms with Crippen LogP contribution < -0.4 is 5.73 Å². The molecule has 0 spiro atoms. The third-order valence-electron chi connectivity index (χ3n) is 8.08. The van der Waals surface area contributed by atoms with Crippen LogP contribution in [-0.4, -0.2) is 82.5 Å². The molecule has 0 aliphatic carbocycles. The Morgan fingerprint density at radius 2 is 1.23 bits per heavy atom. The van der Waals surface area contributed by atoms with Crippen LogP contribution >= 0.6 is 35.3 Å². The first-order valence-corrected chi connectivity index (χ1v) is 17.8. The van der Waals surface area contributed by atoms with Gasteiger partial charge in [-0.3, -0.25) is 0 Å². The van der Waals surface area contributed by atoms with E-state index < -0.39 is 24.6 Å². The van der Waals surface area contributed by atoms with Gasteiger partial charge in [0.25, 0.3) is 0 Å². The van der Waals surface area contributed by atoms with Crippen molar-refractivity contribution in [1.82, 2.24) is 39.2 Å². The summed E-state index contributed by atoms with van der Waals surface area (Å²) in [4.78, 5) is 17.2. The van der Waals surface area contributed by atoms with Gasteiger partial charge in [0.1, 0.15) is 29.6 Å². The zero-order valence-electron chi connectivity index (χ0n) is 25.1. The Morgan fingerprint density at radius 3 is 1.67 bits per heavy atom. The fourth-order valence-electron chi connectivity index (χ4n) is 5.59. The third-order valence-corrected chi connectivity index (χ3v) is 9.82. The first-order chi connectivity index (χ1) is 20.7. The predicted molar refractivity (Wildman–Crippen MR) is 165 cm³/mol. The Balaban J connectivity index is 0.000000171. The molecule has 0 amide bonds. The zero-order valence-corrected chi connectivity index (χ0v) is 27.6. The molecule has 2 N–H and O–H groups in total. The molecule has 2 aliphatic rings. The van der Waals surface area contributed by atoms with Gasteiger partial charge in [-0.2, -0.15) is 0 Å². The number of rotatable bonds is 7. The summed E-state index contributed by atoms with van der Waals surface area (Å²) < 4.78 is 44.2. The van der Waals surface area contributed by atoms with Crippen molar-refractivity contribution >= 4 is 52.4 Å². The van der Waals surface area contributed by atoms with E-state index in [1.807, 2.05) is 46.5 Å². The highest BCUT2D eigenvalue weighted by atomic mass is 32.2. The molecule has 6 rings (SSSR count). The fraction of sp³-hybridized carbons (Fsp3) is 0.630. The molecule has 6 heterocycles. The Kier molecular flexibility index (Phi) is 10.0. The van der Waals surface area contributed by atoms with Crippen molar-refractivity contribution in [1.29, 1.82) is 0 Å². The second-order valence-electron chi connectivity index (χ2n) is 10.5. The molecule has 0 saturated carbocycles. The van der Waals surface area contributed by atoms with Crippen molar-refractivity contribution in [2.75, 3.05) is 24.5 Å². The maximum absolute atomic E-state index is 14.7. The molecule has 0 bridgehead atoms. The maximum Gasteiger partial charge on any atom is 0.209 e. The van der Waals surface area contributed by atoms with Gasteiger partial charge in [0.05, 0.1) is 36.0 Å². The molecule has 0 radical (unpaired) electrons. The van der Waals surface area contributed by atoms with E-state index in [4.69, 9.17) is 15.2 Å². The van der Waals surface area contributed by atoms with Crippen LogP contribution in [0.5, 0.6) is 0 Å². The van der Waals surface area contributed by atoms with Crippen molar-refractivity contribution < 1.29 is 18.3 Å². The van der Waals surface area contributed by atoms with Gasteiger partial charge < -0.3 is 15.2 Å². The molecule has 11 nitrogen and oxygen atoms in total. The highest BCUT2D eigenvalue weighted by Crippen LogP contribution is 2.42. The Bertz CT molecular complexity index is 1570. The summed E-state index contributed by atoms with van der Waals surface area (Å²) in [5, 5.41) is 10.8. The molecule has 0 unspecified atom stereocenters. The van der Waals surface area contributed by atoms with Gasteiger partial charge in [0.2, 0.25) is 10.3 Å². The minimum atomic E-state index is -1.08. The number of fused-ring (bicyclic) bond motifs is 2. The van der Waals surface area contributed by atoms with E-state index in [0.29, 0.717) is 33.0 Å². The van der Waals surface area contributed by atoms with Crippen molar-refractivity contribution in [2.45, 2.75) is 92.6 Å². The van der Waals surface area contributed by atoms with Crippen molar-refractivity contribution in [3.63, 3.8) is 0 Å². The van der Waals surface area contributed by atoms with Gasteiger partial charge in [0.15, 0.2) is 17.1 Å². The first kappa shape index (κ1) is 32.1. The highest BCUT2D eigenvalue weighted by molar-refractivity contribution is 7.99. The van der Waals surface area contributed by atoms with E-state index >= 15 is 0 Å². The number of imidazole rings is 2. The maximum atomic E-state index is 14.7. The summed E-state index contributed by atoms with van der Waals surface area (Å²) >= 11 is 4.34. The third kappa shape index (κ3) is 5.92. The quantitative estimate of drug-likeness (QED) is 0.248. The van der Waals surface area contributed by atoms with E-state index in [-0.39, 0.29) is 29.9 Å². The standard InChI is InChI=1S/C14H19FN4OS2.C13H18FN5OS/c1-5-9-7(2)10(15)11(20-9)8-6-16-12-13(21-3)17-14(22-4)18-19(8)12;1-4-8-6(2)9(14)10(20-8)7-5-16-12-11(15)17-13(21-3)18-19(7)12/h6-7,9-11H,5H2,1-4H3;5-6,8-10H,4H2,1-3H3,(H2,15,17,18)/t7-,9-,10-,11+;6-,8-,9-,10+/m11/s1. The number of thioether (sulfide) groups is 3. The summed E-state index contributed by atoms with van der Waals surface area (Å²) in [6.45, 7) is 7.79. The van der Waals surface area contributed by atoms with Crippen molar-refractivity contribution in [3.8, 4) is 0 Å². The minimum absolute atomic E-state index is 0.0626. The first-order valence-electron chi connectivity index (χ1n) is 14.1. The molecule has 2 aliphatic heterocycles. The molecule has 43 heavy (non-hydrogen) atoms. The van der Waals surface area contributed by atoms with Gasteiger partial charge in [-0.25, -0.2) is 37.7 Å². The summed E-state index contributed by atoms with van der Waals surface area (Å²) in [5.74, 6) is 0.0151. The number of halogens is 2. The summed E-state index contributed by atoms with van der Waals surface area (Å²) in [6.07, 6.45) is 6.98. The van der Waals surface area contributed by atoms with Gasteiger partial charge in [-0.1, -0.05) is 51.2 Å². The Hall–Kier alpha value is -2.27. The van der Waals surface area contributed by atoms with E-state index in [1.54, 1.807) is 21.4 Å². The fourth-order valence-corrected chi connectivity index (χ4v) is 6.85. The number of alkyl halides is 2. The lowest BCUT2D eigenvalue weighted by Crippen LogP contribution is -2.18. The average Bonchev–Trinajstić information content (AvgIpc) is 3.78. The van der Waals surface area contributed by atoms with Crippen LogP contribution in [0.4, 0.5) is 14.6 Å². The Labute approximate surface area is 261 Å². The van der Waals surface area contributed by atoms with Gasteiger partial charge >= 0.3 is 0 Å². The lowest BCUT2D eigenvalue weighted by atomic mass is 9.97. The second kappa shape index (κ2) is 13.4. The normalized spacial score (nSPS) is 29.0. The van der Waals surface area contributed by atoms with Crippen LogP contribution in [0.25, 0.3) is 11.3 Å². The summed E-state index contributed by atoms with van der Waals surface area (Å²) in [5.41, 5.74) is 8.22. The minimum Gasteiger partial charge on any atom is -0.380 e. The number of aromatic nitrogens is 8. The molecule has 2 saturated heterocycles. The molecule has 4 aromatic heterocycles. The van der Waals surface area contributed by atoms with Crippen molar-refractivity contribution in [2.24, 2.45) is 11.8 Å². The molecule has 8 atom stereocenters. The average molecular weight is 654 g/mol. The van der Waals surface area contributed by atoms with Crippen LogP contribution in [0, 0.1) is 11.8 Å². The van der Waals surface area contributed by atoms with Crippen LogP contribution in [0.1, 0.15) is 64.1 Å². The zero-order chi connectivity index (χ0) is 31.0. The largest absolute Gasteiger partial charge is 0.380 e. The van der Waals surface area contributed by atoms with Crippen LogP contribution in [-0.2, 0) is 9.47 Å². The second-order valence-corrected chi connectivity index (χ2v) is 12.9. The van der Waals surface area contributed by atoms with Gasteiger partial charge in [-0.15, -0.1) is 22.0 Å². The smallest absolute Gasteiger partial charge is 0.209 e. The van der Waals surface area contributed by atoms with E-state index in [9.17, 15) is 8.78 Å². The number of ether oxygens (including phenoxy) is 2. The van der Waals surface area contributed by atoms with E-state index in [0.717, 1.165) is 17.9 Å². The lowest BCUT2D eigenvalue weighted by Gasteiger charge is -2.13. The molecule has 16 heteroatoms. The van der Waals surface area contributed by atoms with Crippen LogP contribution in [0.15, 0.2) is 27.7 Å². The number of anilines is 1. The number of nitrogen functional groups attached to an aromatic ring is 1. The molecule has 2 fully saturated rings. The van der Waals surface area contributed by atoms with E-state index in [2.05, 4.69) is 30.1 Å². The van der Waals surface area contributed by atoms with Gasteiger partial charge in [-0.05, 0) is 31.6 Å². The van der Waals surface area contributed by atoms with E-state index in [1.165, 1.54) is 35.3 Å². The number of nitrogens with two attached hydrogens (primary N) is 1. The van der Waals surface area contributed by atoms with Crippen LogP contribution in [0.2, 0.25) is 0 Å². The summed E-state index contributed by atoms with van der Waals surface area (Å²) in [7, 11) is 0. The molecule has 0 aromatic carbocycles. The van der Waals surface area contributed by atoms with Gasteiger partial charge in [0, 0.05) is 11.8 Å². The molecule has 4 aromatic rings. The molecular weight excluding hydrogens is 617 g/mol. The van der Waals surface area contributed by atoms with Crippen molar-refractivity contribution in [3.05, 3.63) is 23.8 Å². The number of hydrogen-bond acceptors (Lipinski definition) is 12. The predicted octanol–water partition coefficient (Wildman–Crippen LogP) is 5.64. The molecule has 234 valence electrons. The SMILES string of the molecule is CC[C@H]1O[C@@H](c2cnc3c(N)nc(SC)nn23)[C@H](F)[C@@H]1C.CC[C@H]1O[C@@H](c2cnc3c(SC)nc(SC)nn23)[C@H](F)[C@@H]1C. The topological polar surface area (TPSA) is 131 Å². The summed E-state index contributed by atoms with van der Waals surface area (Å²) in [6, 6.07) is 0. The highest BCUT2D eigenvalue weighted by Gasteiger charge is 2.45.